The molecule has 5 fully saturated rings. The molecule has 0 radical (unpaired) electrons. The van der Waals surface area contributed by atoms with Gasteiger partial charge >= 0.3 is 0 Å². The molecule has 0 aromatic heterocycles. The van der Waals surface area contributed by atoms with Gasteiger partial charge in [0.25, 0.3) is 0 Å². The minimum Gasteiger partial charge on any atom is -0.291 e. The Morgan fingerprint density at radius 2 is 1.50 bits per heavy atom. The molecule has 2 nitrogen and oxygen atoms in total. The third-order valence-corrected chi connectivity index (χ3v) is 13.0. The SMILES string of the molecule is C=C(C)[C@@H]1CC[C@]2(C)CC[C@]3(C)[C@H](CC[C@@H]4[C@@]5(C)CC(=O)C(=O)C(C)(C)[C@@H]5CC[C@]43C)[C@@H]12. The highest BCUT2D eigenvalue weighted by molar-refractivity contribution is 6.39. The van der Waals surface area contributed by atoms with Gasteiger partial charge in [0.2, 0.25) is 5.78 Å². The summed E-state index contributed by atoms with van der Waals surface area (Å²) < 4.78 is 0. The van der Waals surface area contributed by atoms with E-state index in [9.17, 15) is 9.59 Å². The van der Waals surface area contributed by atoms with Crippen molar-refractivity contribution in [2.24, 2.45) is 56.7 Å². The molecule has 178 valence electrons. The fraction of sp³-hybridized carbons (Fsp3) is 0.867. The van der Waals surface area contributed by atoms with Gasteiger partial charge in [0.05, 0.1) is 0 Å². The lowest BCUT2D eigenvalue weighted by atomic mass is 9.32. The Balaban J connectivity index is 1.57. The average Bonchev–Trinajstić information content (AvgIpc) is 3.05. The Morgan fingerprint density at radius 1 is 0.812 bits per heavy atom. The predicted molar refractivity (Wildman–Crippen MR) is 130 cm³/mol. The number of ketones is 2. The molecule has 2 heteroatoms. The van der Waals surface area contributed by atoms with Gasteiger partial charge in [-0.2, -0.15) is 0 Å². The van der Waals surface area contributed by atoms with E-state index in [1.54, 1.807) is 0 Å². The van der Waals surface area contributed by atoms with Crippen LogP contribution in [0.15, 0.2) is 12.2 Å². The maximum atomic E-state index is 13.0. The number of hydrogen-bond donors (Lipinski definition) is 0. The van der Waals surface area contributed by atoms with Crippen LogP contribution in [-0.4, -0.2) is 11.6 Å². The zero-order valence-electron chi connectivity index (χ0n) is 21.8. The Hall–Kier alpha value is -0.920. The molecule has 0 heterocycles. The highest BCUT2D eigenvalue weighted by Crippen LogP contribution is 2.77. The van der Waals surface area contributed by atoms with Crippen molar-refractivity contribution in [1.29, 1.82) is 0 Å². The van der Waals surface area contributed by atoms with Gasteiger partial charge in [0, 0.05) is 11.8 Å². The molecule has 0 saturated heterocycles. The predicted octanol–water partition coefficient (Wildman–Crippen LogP) is 7.41. The Bertz CT molecular complexity index is 883. The van der Waals surface area contributed by atoms with E-state index in [4.69, 9.17) is 0 Å². The second-order valence-corrected chi connectivity index (χ2v) is 14.5. The van der Waals surface area contributed by atoms with Crippen molar-refractivity contribution in [2.75, 3.05) is 0 Å². The van der Waals surface area contributed by atoms with E-state index >= 15 is 0 Å². The zero-order valence-corrected chi connectivity index (χ0v) is 21.8. The lowest BCUT2D eigenvalue weighted by Crippen LogP contribution is -2.67. The third kappa shape index (κ3) is 2.54. The molecule has 0 aromatic carbocycles. The second-order valence-electron chi connectivity index (χ2n) is 14.5. The largest absolute Gasteiger partial charge is 0.291 e. The second kappa shape index (κ2) is 6.60. The van der Waals surface area contributed by atoms with Gasteiger partial charge in [0.1, 0.15) is 0 Å². The summed E-state index contributed by atoms with van der Waals surface area (Å²) in [7, 11) is 0. The normalized spacial score (nSPS) is 54.3. The smallest absolute Gasteiger partial charge is 0.204 e. The van der Waals surface area contributed by atoms with Crippen molar-refractivity contribution in [3.63, 3.8) is 0 Å². The first-order chi connectivity index (χ1) is 14.7. The molecule has 0 aromatic rings. The molecule has 5 saturated carbocycles. The van der Waals surface area contributed by atoms with Gasteiger partial charge in [0.15, 0.2) is 5.78 Å². The zero-order chi connectivity index (χ0) is 23.5. The Kier molecular flexibility index (Phi) is 4.71. The quantitative estimate of drug-likeness (QED) is 0.315. The number of Topliss-reactive ketones (excluding diaryl/α,β-unsaturated/α-hetero) is 2. The van der Waals surface area contributed by atoms with E-state index in [1.165, 1.54) is 50.5 Å². The lowest BCUT2D eigenvalue weighted by molar-refractivity contribution is -0.230. The van der Waals surface area contributed by atoms with Gasteiger partial charge < -0.3 is 0 Å². The van der Waals surface area contributed by atoms with E-state index in [0.29, 0.717) is 35.0 Å². The number of rotatable bonds is 1. The Morgan fingerprint density at radius 3 is 2.16 bits per heavy atom. The number of allylic oxidation sites excluding steroid dienone is 1. The molecule has 0 amide bonds. The van der Waals surface area contributed by atoms with E-state index in [-0.39, 0.29) is 22.4 Å². The summed E-state index contributed by atoms with van der Waals surface area (Å²) in [6, 6.07) is 0. The van der Waals surface area contributed by atoms with Crippen molar-refractivity contribution in [3.05, 3.63) is 12.2 Å². The molecule has 5 rings (SSSR count). The van der Waals surface area contributed by atoms with Gasteiger partial charge in [-0.3, -0.25) is 9.59 Å². The number of hydrogen-bond acceptors (Lipinski definition) is 2. The standard InChI is InChI=1S/C30H46O2/c1-18(2)19-11-13-27(5)15-16-29(7)20(24(19)27)9-10-23-28(6)17-21(31)25(32)26(3,4)22(28)12-14-30(23,29)8/h19-20,22-24H,1,9-17H2,2-8H3/t19-,20+,22-,23+,24+,27+,28-,29+,30+/m0/s1. The van der Waals surface area contributed by atoms with Crippen LogP contribution in [-0.2, 0) is 9.59 Å². The highest BCUT2D eigenvalue weighted by atomic mass is 16.2. The fourth-order valence-electron chi connectivity index (χ4n) is 11.2. The molecule has 0 aliphatic heterocycles. The van der Waals surface area contributed by atoms with E-state index in [2.05, 4.69) is 55.0 Å². The van der Waals surface area contributed by atoms with Crippen LogP contribution in [0.1, 0.15) is 106 Å². The summed E-state index contributed by atoms with van der Waals surface area (Å²) in [5.41, 5.74) is 1.91. The third-order valence-electron chi connectivity index (χ3n) is 13.0. The molecule has 0 N–H and O–H groups in total. The van der Waals surface area contributed by atoms with Crippen molar-refractivity contribution >= 4 is 11.6 Å². The van der Waals surface area contributed by atoms with Crippen LogP contribution in [0.4, 0.5) is 0 Å². The minimum absolute atomic E-state index is 0.0420. The van der Waals surface area contributed by atoms with E-state index in [0.717, 1.165) is 18.3 Å². The monoisotopic (exact) mass is 438 g/mol. The summed E-state index contributed by atoms with van der Waals surface area (Å²) in [4.78, 5) is 25.8. The van der Waals surface area contributed by atoms with Crippen LogP contribution in [0.3, 0.4) is 0 Å². The van der Waals surface area contributed by atoms with Gasteiger partial charge in [-0.15, -0.1) is 0 Å². The van der Waals surface area contributed by atoms with Crippen molar-refractivity contribution in [1.82, 2.24) is 0 Å². The van der Waals surface area contributed by atoms with Gasteiger partial charge in [-0.05, 0) is 110 Å². The van der Waals surface area contributed by atoms with Crippen LogP contribution in [0, 0.1) is 56.7 Å². The highest BCUT2D eigenvalue weighted by Gasteiger charge is 2.71. The summed E-state index contributed by atoms with van der Waals surface area (Å²) in [6.07, 6.45) is 10.7. The summed E-state index contributed by atoms with van der Waals surface area (Å²) >= 11 is 0. The van der Waals surface area contributed by atoms with Crippen LogP contribution in [0.2, 0.25) is 0 Å². The van der Waals surface area contributed by atoms with Crippen molar-refractivity contribution in [2.45, 2.75) is 106 Å². The first kappa shape index (κ1) is 22.9. The maximum Gasteiger partial charge on any atom is 0.204 e. The van der Waals surface area contributed by atoms with Crippen molar-refractivity contribution in [3.8, 4) is 0 Å². The summed E-state index contributed by atoms with van der Waals surface area (Å²) in [5.74, 6) is 2.90. The molecule has 0 unspecified atom stereocenters. The van der Waals surface area contributed by atoms with Gasteiger partial charge in [-0.25, -0.2) is 0 Å². The molecule has 0 bridgehead atoms. The van der Waals surface area contributed by atoms with Crippen LogP contribution >= 0.6 is 0 Å². The molecule has 0 spiro atoms. The number of carbonyl (C=O) groups excluding carboxylic acids is 2. The summed E-state index contributed by atoms with van der Waals surface area (Å²) in [6.45, 7) is 21.1. The molecule has 9 atom stereocenters. The van der Waals surface area contributed by atoms with Crippen LogP contribution < -0.4 is 0 Å². The molecule has 32 heavy (non-hydrogen) atoms. The molecular formula is C30H46O2. The number of fused-ring (bicyclic) bond motifs is 7. The molecular weight excluding hydrogens is 392 g/mol. The topological polar surface area (TPSA) is 34.1 Å². The molecule has 5 aliphatic carbocycles. The summed E-state index contributed by atoms with van der Waals surface area (Å²) in [5, 5.41) is 0. The number of carbonyl (C=O) groups is 2. The fourth-order valence-corrected chi connectivity index (χ4v) is 11.2. The lowest BCUT2D eigenvalue weighted by Gasteiger charge is -2.72. The Labute approximate surface area is 196 Å². The maximum absolute atomic E-state index is 13.0. The van der Waals surface area contributed by atoms with E-state index < -0.39 is 5.41 Å². The van der Waals surface area contributed by atoms with E-state index in [1.807, 2.05) is 0 Å². The average molecular weight is 439 g/mol. The van der Waals surface area contributed by atoms with Crippen LogP contribution in [0.5, 0.6) is 0 Å². The minimum atomic E-state index is -0.509. The molecule has 5 aliphatic rings. The first-order valence-electron chi connectivity index (χ1n) is 13.5. The van der Waals surface area contributed by atoms with Crippen LogP contribution in [0.25, 0.3) is 0 Å². The van der Waals surface area contributed by atoms with Gasteiger partial charge in [-0.1, -0.05) is 53.7 Å². The van der Waals surface area contributed by atoms with Crippen molar-refractivity contribution < 1.29 is 9.59 Å². The first-order valence-corrected chi connectivity index (χ1v) is 13.5.